The summed E-state index contributed by atoms with van der Waals surface area (Å²) in [5.74, 6) is 0.172. The summed E-state index contributed by atoms with van der Waals surface area (Å²) in [7, 11) is 0. The van der Waals surface area contributed by atoms with Crippen LogP contribution >= 0.6 is 0 Å². The Morgan fingerprint density at radius 1 is 1.24 bits per heavy atom. The van der Waals surface area contributed by atoms with Gasteiger partial charge >= 0.3 is 6.98 Å². The van der Waals surface area contributed by atoms with Crippen molar-refractivity contribution in [3.8, 4) is 5.75 Å². The number of nitrogens with zero attached hydrogens (tertiary/aromatic N) is 1. The van der Waals surface area contributed by atoms with E-state index < -0.39 is 12.4 Å². The van der Waals surface area contributed by atoms with Crippen molar-refractivity contribution in [3.63, 3.8) is 0 Å². The van der Waals surface area contributed by atoms with Gasteiger partial charge in [0.1, 0.15) is 5.75 Å². The van der Waals surface area contributed by atoms with E-state index in [1.807, 2.05) is 20.8 Å². The molecule has 0 fully saturated rings. The molecular weight excluding hydrogens is 230 g/mol. The second kappa shape index (κ2) is 4.98. The number of hydrogen-bond acceptors (Lipinski definition) is 2. The minimum absolute atomic E-state index is 0.0962. The van der Waals surface area contributed by atoms with E-state index in [1.165, 1.54) is 6.20 Å². The molecule has 0 spiro atoms. The van der Waals surface area contributed by atoms with Crippen molar-refractivity contribution in [2.24, 2.45) is 5.41 Å². The van der Waals surface area contributed by atoms with E-state index in [9.17, 15) is 12.9 Å². The fraction of sp³-hybridized carbons (Fsp3) is 0.545. The SMILES string of the molecule is CC(C)(C)CCOc1cncc([B-](F)(F)F)c1. The molecule has 0 aromatic carbocycles. The minimum atomic E-state index is -5.01. The summed E-state index contributed by atoms with van der Waals surface area (Å²) in [5, 5.41) is 0. The summed E-state index contributed by atoms with van der Waals surface area (Å²) < 4.78 is 42.6. The van der Waals surface area contributed by atoms with Gasteiger partial charge in [0.25, 0.3) is 0 Å². The summed E-state index contributed by atoms with van der Waals surface area (Å²) in [6.07, 6.45) is 2.89. The molecular formula is C11H16BF3NO-. The van der Waals surface area contributed by atoms with E-state index in [0.29, 0.717) is 6.61 Å². The Morgan fingerprint density at radius 3 is 2.41 bits per heavy atom. The molecule has 0 saturated carbocycles. The van der Waals surface area contributed by atoms with Gasteiger partial charge in [-0.3, -0.25) is 4.98 Å². The van der Waals surface area contributed by atoms with Crippen molar-refractivity contribution >= 4 is 12.4 Å². The molecule has 0 aliphatic carbocycles. The van der Waals surface area contributed by atoms with Gasteiger partial charge in [-0.2, -0.15) is 0 Å². The van der Waals surface area contributed by atoms with Crippen LogP contribution in [0.1, 0.15) is 27.2 Å². The Hall–Kier alpha value is -1.20. The third kappa shape index (κ3) is 5.11. The van der Waals surface area contributed by atoms with Crippen LogP contribution in [0.3, 0.4) is 0 Å². The van der Waals surface area contributed by atoms with Gasteiger partial charge in [-0.05, 0) is 17.9 Å². The highest BCUT2D eigenvalue weighted by Crippen LogP contribution is 2.19. The molecule has 0 radical (unpaired) electrons. The van der Waals surface area contributed by atoms with Crippen LogP contribution in [0.25, 0.3) is 0 Å². The second-order valence-electron chi connectivity index (χ2n) is 5.19. The normalized spacial score (nSPS) is 12.6. The maximum absolute atomic E-state index is 12.4. The Kier molecular flexibility index (Phi) is 4.06. The van der Waals surface area contributed by atoms with Crippen molar-refractivity contribution in [1.29, 1.82) is 0 Å². The quantitative estimate of drug-likeness (QED) is 0.762. The standard InChI is InChI=1S/C11H16BF3NO/c1-11(2,3)4-5-17-10-6-9(7-16-8-10)12(13,14)15/h6-8H,4-5H2,1-3H3/q-1. The lowest BCUT2D eigenvalue weighted by molar-refractivity contribution is 0.242. The van der Waals surface area contributed by atoms with Crippen LogP contribution in [0.15, 0.2) is 18.5 Å². The minimum Gasteiger partial charge on any atom is -0.492 e. The molecule has 1 aromatic rings. The number of aromatic nitrogens is 1. The third-order valence-electron chi connectivity index (χ3n) is 2.23. The molecule has 0 amide bonds. The fourth-order valence-corrected chi connectivity index (χ4v) is 1.17. The zero-order valence-corrected chi connectivity index (χ0v) is 10.2. The van der Waals surface area contributed by atoms with Crippen molar-refractivity contribution in [2.45, 2.75) is 27.2 Å². The number of ether oxygens (including phenoxy) is 1. The molecule has 0 atom stereocenters. The monoisotopic (exact) mass is 246 g/mol. The lowest BCUT2D eigenvalue weighted by atomic mass is 9.81. The van der Waals surface area contributed by atoms with Gasteiger partial charge in [-0.15, -0.1) is 0 Å². The largest absolute Gasteiger partial charge is 0.511 e. The molecule has 0 saturated heterocycles. The van der Waals surface area contributed by atoms with Crippen LogP contribution in [0.2, 0.25) is 0 Å². The predicted octanol–water partition coefficient (Wildman–Crippen LogP) is 2.95. The highest BCUT2D eigenvalue weighted by Gasteiger charge is 2.26. The van der Waals surface area contributed by atoms with Crippen LogP contribution < -0.4 is 10.2 Å². The average molecular weight is 246 g/mol. The van der Waals surface area contributed by atoms with Crippen molar-refractivity contribution < 1.29 is 17.7 Å². The predicted molar refractivity (Wildman–Crippen MR) is 62.5 cm³/mol. The number of pyridine rings is 1. The Morgan fingerprint density at radius 2 is 1.88 bits per heavy atom. The zero-order chi connectivity index (χ0) is 13.1. The Balaban J connectivity index is 2.61. The smallest absolute Gasteiger partial charge is 0.492 e. The summed E-state index contributed by atoms with van der Waals surface area (Å²) in [5.41, 5.74) is -0.628. The summed E-state index contributed by atoms with van der Waals surface area (Å²) >= 11 is 0. The highest BCUT2D eigenvalue weighted by molar-refractivity contribution is 6.73. The molecule has 17 heavy (non-hydrogen) atoms. The topological polar surface area (TPSA) is 22.1 Å². The van der Waals surface area contributed by atoms with E-state index >= 15 is 0 Å². The average Bonchev–Trinajstić information content (AvgIpc) is 2.15. The van der Waals surface area contributed by atoms with Gasteiger partial charge in [0.05, 0.1) is 12.8 Å². The third-order valence-corrected chi connectivity index (χ3v) is 2.23. The lowest BCUT2D eigenvalue weighted by Crippen LogP contribution is -2.34. The summed E-state index contributed by atoms with van der Waals surface area (Å²) in [6, 6.07) is 0.996. The zero-order valence-electron chi connectivity index (χ0n) is 10.2. The fourth-order valence-electron chi connectivity index (χ4n) is 1.17. The van der Waals surface area contributed by atoms with Gasteiger partial charge in [0.15, 0.2) is 0 Å². The Bertz CT molecular complexity index is 374. The van der Waals surface area contributed by atoms with Gasteiger partial charge in [0.2, 0.25) is 0 Å². The first-order valence-corrected chi connectivity index (χ1v) is 5.46. The van der Waals surface area contributed by atoms with E-state index in [4.69, 9.17) is 4.74 Å². The van der Waals surface area contributed by atoms with Crippen LogP contribution in [0.4, 0.5) is 12.9 Å². The molecule has 0 bridgehead atoms. The first-order valence-electron chi connectivity index (χ1n) is 5.46. The maximum Gasteiger partial charge on any atom is 0.511 e. The summed E-state index contributed by atoms with van der Waals surface area (Å²) in [4.78, 5) is 3.54. The maximum atomic E-state index is 12.4. The number of hydrogen-bond donors (Lipinski definition) is 0. The van der Waals surface area contributed by atoms with Crippen molar-refractivity contribution in [1.82, 2.24) is 4.98 Å². The molecule has 0 aliphatic rings. The molecule has 1 aromatic heterocycles. The van der Waals surface area contributed by atoms with Crippen LogP contribution in [-0.4, -0.2) is 18.6 Å². The molecule has 6 heteroatoms. The molecule has 96 valence electrons. The first kappa shape index (κ1) is 13.9. The van der Waals surface area contributed by atoms with Crippen LogP contribution in [0, 0.1) is 5.41 Å². The van der Waals surface area contributed by atoms with Crippen molar-refractivity contribution in [3.05, 3.63) is 18.5 Å². The number of halogens is 3. The van der Waals surface area contributed by atoms with Gasteiger partial charge in [-0.1, -0.05) is 26.2 Å². The summed E-state index contributed by atoms with van der Waals surface area (Å²) in [6.45, 7) is 1.51. The van der Waals surface area contributed by atoms with E-state index in [0.717, 1.165) is 18.7 Å². The first-order chi connectivity index (χ1) is 7.68. The molecule has 0 N–H and O–H groups in total. The lowest BCUT2D eigenvalue weighted by Gasteiger charge is -2.19. The molecule has 2 nitrogen and oxygen atoms in total. The van der Waals surface area contributed by atoms with E-state index in [-0.39, 0.29) is 11.2 Å². The van der Waals surface area contributed by atoms with Gasteiger partial charge < -0.3 is 17.7 Å². The molecule has 1 rings (SSSR count). The molecule has 0 aliphatic heterocycles. The van der Waals surface area contributed by atoms with Crippen molar-refractivity contribution in [2.75, 3.05) is 6.61 Å². The second-order valence-corrected chi connectivity index (χ2v) is 5.19. The van der Waals surface area contributed by atoms with E-state index in [2.05, 4.69) is 4.98 Å². The van der Waals surface area contributed by atoms with E-state index in [1.54, 1.807) is 0 Å². The van der Waals surface area contributed by atoms with Crippen LogP contribution in [0.5, 0.6) is 5.75 Å². The molecule has 1 heterocycles. The molecule has 0 unspecified atom stereocenters. The van der Waals surface area contributed by atoms with Crippen LogP contribution in [-0.2, 0) is 0 Å². The highest BCUT2D eigenvalue weighted by atomic mass is 19.4. The van der Waals surface area contributed by atoms with Gasteiger partial charge in [-0.25, -0.2) is 0 Å². The van der Waals surface area contributed by atoms with Gasteiger partial charge in [0, 0.05) is 6.20 Å². The Labute approximate surface area is 99.3 Å². The number of rotatable bonds is 4.